The number of hydrogen-bond acceptors (Lipinski definition) is 4. The second-order valence-corrected chi connectivity index (χ2v) is 11.1. The van der Waals surface area contributed by atoms with E-state index in [-0.39, 0.29) is 5.57 Å². The fraction of sp³-hybridized carbons (Fsp3) is 0.667. The third-order valence-corrected chi connectivity index (χ3v) is 3.45. The fourth-order valence-corrected chi connectivity index (χ4v) is 2.15. The minimum Gasteiger partial charge on any atom is -0.457 e. The molecule has 0 aromatic rings. The Balaban J connectivity index is 2.77. The summed E-state index contributed by atoms with van der Waals surface area (Å²) < 4.78 is 4.39. The number of esters is 1. The summed E-state index contributed by atoms with van der Waals surface area (Å²) in [6.45, 7) is 9.05. The lowest BCUT2D eigenvalue weighted by molar-refractivity contribution is -0.150. The van der Waals surface area contributed by atoms with Gasteiger partial charge in [-0.25, -0.2) is 4.79 Å². The van der Waals surface area contributed by atoms with Gasteiger partial charge < -0.3 is 4.74 Å². The van der Waals surface area contributed by atoms with Gasteiger partial charge in [0.05, 0.1) is 5.57 Å². The van der Waals surface area contributed by atoms with E-state index in [1.54, 1.807) is 20.8 Å². The van der Waals surface area contributed by atoms with Crippen LogP contribution in [-0.2, 0) is 14.4 Å². The molecule has 0 aliphatic carbocycles. The van der Waals surface area contributed by atoms with Crippen LogP contribution in [0.2, 0.25) is 0 Å². The summed E-state index contributed by atoms with van der Waals surface area (Å²) >= 11 is 9.87. The Morgan fingerprint density at radius 1 is 1.38 bits per heavy atom. The van der Waals surface area contributed by atoms with E-state index in [1.807, 2.05) is 0 Å². The van der Waals surface area contributed by atoms with Gasteiger partial charge in [-0.3, -0.25) is 4.84 Å². The summed E-state index contributed by atoms with van der Waals surface area (Å²) in [4.78, 5) is 16.9. The van der Waals surface area contributed by atoms with E-state index in [1.165, 1.54) is 0 Å². The van der Waals surface area contributed by atoms with Crippen molar-refractivity contribution in [2.24, 2.45) is 0 Å². The molecule has 1 saturated heterocycles. The van der Waals surface area contributed by atoms with Crippen molar-refractivity contribution in [2.45, 2.75) is 34.2 Å². The number of ether oxygens (including phenoxy) is 1. The maximum Gasteiger partial charge on any atom is 0.338 e. The van der Waals surface area contributed by atoms with E-state index in [4.69, 9.17) is 9.57 Å². The molecular formula is C9H12Br3NO3. The molecule has 1 heterocycles. The molecule has 1 unspecified atom stereocenters. The van der Waals surface area contributed by atoms with Crippen LogP contribution in [0.25, 0.3) is 0 Å². The van der Waals surface area contributed by atoms with Gasteiger partial charge in [0.25, 0.3) is 0 Å². The summed E-state index contributed by atoms with van der Waals surface area (Å²) in [7, 11) is 0. The van der Waals surface area contributed by atoms with Crippen LogP contribution in [0, 0.1) is 0 Å². The van der Waals surface area contributed by atoms with Crippen LogP contribution in [0.4, 0.5) is 0 Å². The highest BCUT2D eigenvalue weighted by Crippen LogP contribution is 2.53. The molecule has 4 nitrogen and oxygen atoms in total. The standard InChI is InChI=1S/C9H12Br3NO3/c1-5(6(14)15-7(2,3)4)8(13-16-8)9(10,11)12/h13H,1H2,2-4H3. The van der Waals surface area contributed by atoms with E-state index < -0.39 is 19.4 Å². The first-order valence-corrected chi connectivity index (χ1v) is 6.82. The zero-order valence-corrected chi connectivity index (χ0v) is 13.8. The van der Waals surface area contributed by atoms with Crippen molar-refractivity contribution in [1.82, 2.24) is 5.48 Å². The molecule has 1 aliphatic heterocycles. The summed E-state index contributed by atoms with van der Waals surface area (Å²) in [6.07, 6.45) is 0. The van der Waals surface area contributed by atoms with E-state index in [9.17, 15) is 4.79 Å². The van der Waals surface area contributed by atoms with Crippen molar-refractivity contribution in [2.75, 3.05) is 0 Å². The number of carbonyl (C=O) groups is 1. The average molecular weight is 422 g/mol. The molecule has 7 heteroatoms. The van der Waals surface area contributed by atoms with Gasteiger partial charge >= 0.3 is 5.97 Å². The molecule has 0 radical (unpaired) electrons. The van der Waals surface area contributed by atoms with Crippen molar-refractivity contribution < 1.29 is 14.4 Å². The van der Waals surface area contributed by atoms with Gasteiger partial charge in [-0.05, 0) is 20.8 Å². The fourth-order valence-electron chi connectivity index (χ4n) is 0.944. The van der Waals surface area contributed by atoms with Gasteiger partial charge in [-0.1, -0.05) is 54.4 Å². The van der Waals surface area contributed by atoms with Gasteiger partial charge in [0.15, 0.2) is 2.14 Å². The quantitative estimate of drug-likeness (QED) is 0.322. The topological polar surface area (TPSA) is 60.8 Å². The Labute approximate surface area is 119 Å². The largest absolute Gasteiger partial charge is 0.457 e. The van der Waals surface area contributed by atoms with Crippen LogP contribution in [-0.4, -0.2) is 19.4 Å². The molecule has 0 saturated carbocycles. The summed E-state index contributed by atoms with van der Waals surface area (Å²) in [5.74, 6) is -0.514. The van der Waals surface area contributed by atoms with E-state index in [0.717, 1.165) is 0 Å². The number of carbonyl (C=O) groups excluding carboxylic acids is 1. The highest BCUT2D eigenvalue weighted by molar-refractivity contribution is 9.39. The first kappa shape index (κ1) is 14.6. The van der Waals surface area contributed by atoms with Crippen LogP contribution >= 0.6 is 47.8 Å². The Bertz CT molecular complexity index is 326. The second-order valence-electron chi connectivity index (χ2n) is 4.36. The normalized spacial score (nSPS) is 25.1. The summed E-state index contributed by atoms with van der Waals surface area (Å²) in [5, 5.41) is 0. The zero-order valence-electron chi connectivity index (χ0n) is 9.07. The molecule has 0 spiro atoms. The number of alkyl halides is 3. The van der Waals surface area contributed by atoms with Gasteiger partial charge in [0.2, 0.25) is 5.72 Å². The Morgan fingerprint density at radius 2 is 1.81 bits per heavy atom. The van der Waals surface area contributed by atoms with Gasteiger partial charge in [-0.15, -0.1) is 0 Å². The van der Waals surface area contributed by atoms with Crippen LogP contribution in [0.3, 0.4) is 0 Å². The molecular weight excluding hydrogens is 410 g/mol. The SMILES string of the molecule is C=C(C(=O)OC(C)(C)C)C1(C(Br)(Br)Br)NO1. The average Bonchev–Trinajstić information content (AvgIpc) is 2.77. The monoisotopic (exact) mass is 419 g/mol. The van der Waals surface area contributed by atoms with Gasteiger partial charge in [0, 0.05) is 0 Å². The highest BCUT2D eigenvalue weighted by Gasteiger charge is 2.64. The number of nitrogens with one attached hydrogen (secondary N) is 1. The first-order chi connectivity index (χ1) is 7.00. The Hall–Kier alpha value is 0.570. The van der Waals surface area contributed by atoms with E-state index >= 15 is 0 Å². The predicted octanol–water partition coefficient (Wildman–Crippen LogP) is 2.95. The summed E-state index contributed by atoms with van der Waals surface area (Å²) in [5.41, 5.74) is 1.19. The number of rotatable bonds is 2. The molecule has 1 fully saturated rings. The van der Waals surface area contributed by atoms with Crippen LogP contribution in [0.5, 0.6) is 0 Å². The van der Waals surface area contributed by atoms with E-state index in [0.29, 0.717) is 0 Å². The maximum absolute atomic E-state index is 11.8. The Morgan fingerprint density at radius 3 is 2.06 bits per heavy atom. The number of hydroxylamine groups is 1. The lowest BCUT2D eigenvalue weighted by atomic mass is 10.1. The van der Waals surface area contributed by atoms with Crippen molar-refractivity contribution in [1.29, 1.82) is 0 Å². The number of halogens is 3. The molecule has 1 rings (SSSR count). The van der Waals surface area contributed by atoms with Crippen LogP contribution in [0.1, 0.15) is 20.8 Å². The highest BCUT2D eigenvalue weighted by atomic mass is 80.0. The van der Waals surface area contributed by atoms with Gasteiger partial charge in [0.1, 0.15) is 5.60 Å². The molecule has 1 aliphatic rings. The molecule has 0 aromatic carbocycles. The molecule has 0 bridgehead atoms. The van der Waals surface area contributed by atoms with Crippen LogP contribution < -0.4 is 5.48 Å². The smallest absolute Gasteiger partial charge is 0.338 e. The van der Waals surface area contributed by atoms with Crippen LogP contribution in [0.15, 0.2) is 12.2 Å². The molecule has 1 atom stereocenters. The molecule has 0 amide bonds. The van der Waals surface area contributed by atoms with Crippen molar-refractivity contribution >= 4 is 53.8 Å². The lowest BCUT2D eigenvalue weighted by Gasteiger charge is -2.24. The third-order valence-electron chi connectivity index (χ3n) is 1.78. The second kappa shape index (κ2) is 4.35. The van der Waals surface area contributed by atoms with Crippen molar-refractivity contribution in [3.05, 3.63) is 12.2 Å². The minimum atomic E-state index is -1.03. The molecule has 16 heavy (non-hydrogen) atoms. The van der Waals surface area contributed by atoms with Gasteiger partial charge in [-0.2, -0.15) is 5.48 Å². The zero-order chi connectivity index (χ0) is 12.8. The maximum atomic E-state index is 11.8. The van der Waals surface area contributed by atoms with Crippen molar-refractivity contribution in [3.63, 3.8) is 0 Å². The lowest BCUT2D eigenvalue weighted by Crippen LogP contribution is -2.38. The number of hydrogen-bond donors (Lipinski definition) is 1. The third kappa shape index (κ3) is 3.07. The molecule has 0 aromatic heterocycles. The minimum absolute atomic E-state index is 0.174. The molecule has 92 valence electrons. The summed E-state index contributed by atoms with van der Waals surface area (Å²) in [6, 6.07) is 0. The predicted molar refractivity (Wildman–Crippen MR) is 71.4 cm³/mol. The van der Waals surface area contributed by atoms with E-state index in [2.05, 4.69) is 59.8 Å². The Kier molecular flexibility index (Phi) is 3.98. The van der Waals surface area contributed by atoms with Crippen molar-refractivity contribution in [3.8, 4) is 0 Å². The molecule has 1 N–H and O–H groups in total. The first-order valence-electron chi connectivity index (χ1n) is 4.44.